The van der Waals surface area contributed by atoms with Gasteiger partial charge in [-0.25, -0.2) is 0 Å². The van der Waals surface area contributed by atoms with Crippen molar-refractivity contribution < 1.29 is 8.42 Å². The van der Waals surface area contributed by atoms with Gasteiger partial charge >= 0.3 is 0 Å². The van der Waals surface area contributed by atoms with Gasteiger partial charge in [-0.3, -0.25) is 0 Å². The van der Waals surface area contributed by atoms with Crippen LogP contribution in [0.15, 0.2) is 0 Å². The molecule has 0 atom stereocenters. The number of hydrogen-bond acceptors (Lipinski definition) is 3. The predicted octanol–water partition coefficient (Wildman–Crippen LogP) is 1.66. The molecular formula is C15H31N3O2S. The van der Waals surface area contributed by atoms with Crippen molar-refractivity contribution in [3.63, 3.8) is 0 Å². The first-order valence-electron chi connectivity index (χ1n) is 8.20. The van der Waals surface area contributed by atoms with Crippen LogP contribution >= 0.6 is 0 Å². The Hall–Kier alpha value is -0.170. The third kappa shape index (κ3) is 3.97. The Kier molecular flexibility index (Phi) is 5.34. The van der Waals surface area contributed by atoms with E-state index in [1.165, 1.54) is 0 Å². The summed E-state index contributed by atoms with van der Waals surface area (Å²) in [6, 6.07) is 0. The molecular weight excluding hydrogens is 286 g/mol. The van der Waals surface area contributed by atoms with Gasteiger partial charge in [-0.05, 0) is 49.5 Å². The Balaban J connectivity index is 1.93. The summed E-state index contributed by atoms with van der Waals surface area (Å²) in [5.74, 6) is 1.11. The monoisotopic (exact) mass is 317 g/mol. The predicted molar refractivity (Wildman–Crippen MR) is 86.0 cm³/mol. The largest absolute Gasteiger partial charge is 0.330 e. The summed E-state index contributed by atoms with van der Waals surface area (Å²) in [6.45, 7) is 10.0. The summed E-state index contributed by atoms with van der Waals surface area (Å²) in [6.07, 6.45) is 3.74. The highest BCUT2D eigenvalue weighted by molar-refractivity contribution is 7.86. The van der Waals surface area contributed by atoms with Gasteiger partial charge < -0.3 is 5.73 Å². The summed E-state index contributed by atoms with van der Waals surface area (Å²) in [5, 5.41) is 0. The van der Waals surface area contributed by atoms with Crippen LogP contribution in [0.5, 0.6) is 0 Å². The molecule has 2 aliphatic heterocycles. The molecule has 0 aliphatic carbocycles. The number of hydrogen-bond donors (Lipinski definition) is 1. The molecule has 2 saturated heterocycles. The highest BCUT2D eigenvalue weighted by atomic mass is 32.2. The lowest BCUT2D eigenvalue weighted by atomic mass is 9.76. The second-order valence-electron chi connectivity index (χ2n) is 7.63. The van der Waals surface area contributed by atoms with Gasteiger partial charge in [0, 0.05) is 26.2 Å². The van der Waals surface area contributed by atoms with Crippen molar-refractivity contribution >= 4 is 10.2 Å². The van der Waals surface area contributed by atoms with Crippen molar-refractivity contribution in [1.82, 2.24) is 8.61 Å². The molecule has 0 unspecified atom stereocenters. The van der Waals surface area contributed by atoms with E-state index in [-0.39, 0.29) is 5.41 Å². The van der Waals surface area contributed by atoms with E-state index in [0.29, 0.717) is 44.6 Å². The summed E-state index contributed by atoms with van der Waals surface area (Å²) >= 11 is 0. The Morgan fingerprint density at radius 2 is 1.38 bits per heavy atom. The van der Waals surface area contributed by atoms with E-state index in [4.69, 9.17) is 5.73 Å². The van der Waals surface area contributed by atoms with E-state index in [1.807, 2.05) is 0 Å². The normalized spacial score (nSPS) is 25.3. The zero-order valence-corrected chi connectivity index (χ0v) is 14.5. The standard InChI is InChI=1S/C15H31N3O2S/c1-15(2,3)14-6-10-18(11-7-14)21(19,20)17-8-4-13(12-16)5-9-17/h13-14H,4-12,16H2,1-3H3. The van der Waals surface area contributed by atoms with Gasteiger partial charge in [-0.15, -0.1) is 0 Å². The van der Waals surface area contributed by atoms with Gasteiger partial charge in [0.1, 0.15) is 0 Å². The van der Waals surface area contributed by atoms with Crippen LogP contribution in [0.4, 0.5) is 0 Å². The third-order valence-corrected chi connectivity index (χ3v) is 7.27. The van der Waals surface area contributed by atoms with E-state index in [9.17, 15) is 8.42 Å². The lowest BCUT2D eigenvalue weighted by Crippen LogP contribution is -2.50. The summed E-state index contributed by atoms with van der Waals surface area (Å²) in [7, 11) is -3.26. The number of nitrogens with zero attached hydrogens (tertiary/aromatic N) is 2. The lowest BCUT2D eigenvalue weighted by Gasteiger charge is -2.40. The van der Waals surface area contributed by atoms with Gasteiger partial charge in [-0.1, -0.05) is 20.8 Å². The topological polar surface area (TPSA) is 66.6 Å². The second kappa shape index (κ2) is 6.52. The Labute approximate surface area is 130 Å². The van der Waals surface area contributed by atoms with E-state index >= 15 is 0 Å². The number of nitrogens with two attached hydrogens (primary N) is 1. The third-order valence-electron chi connectivity index (χ3n) is 5.24. The zero-order valence-electron chi connectivity index (χ0n) is 13.7. The van der Waals surface area contributed by atoms with Crippen LogP contribution in [-0.2, 0) is 10.2 Å². The molecule has 2 fully saturated rings. The molecule has 2 rings (SSSR count). The van der Waals surface area contributed by atoms with Crippen LogP contribution in [0.2, 0.25) is 0 Å². The molecule has 0 aromatic rings. The molecule has 124 valence electrons. The molecule has 0 amide bonds. The summed E-state index contributed by atoms with van der Waals surface area (Å²) in [4.78, 5) is 0. The van der Waals surface area contributed by atoms with Gasteiger partial charge in [-0.2, -0.15) is 17.0 Å². The fourth-order valence-corrected chi connectivity index (χ4v) is 5.16. The zero-order chi connectivity index (χ0) is 15.7. The molecule has 6 heteroatoms. The minimum absolute atomic E-state index is 0.273. The molecule has 2 N–H and O–H groups in total. The lowest BCUT2D eigenvalue weighted by molar-refractivity contribution is 0.147. The maximum atomic E-state index is 12.7. The van der Waals surface area contributed by atoms with Crippen molar-refractivity contribution in [3.05, 3.63) is 0 Å². The molecule has 0 aromatic heterocycles. The SMILES string of the molecule is CC(C)(C)C1CCN(S(=O)(=O)N2CCC(CN)CC2)CC1. The van der Waals surface area contributed by atoms with Crippen LogP contribution in [0.3, 0.4) is 0 Å². The maximum Gasteiger partial charge on any atom is 0.281 e. The van der Waals surface area contributed by atoms with Crippen LogP contribution in [0.25, 0.3) is 0 Å². The van der Waals surface area contributed by atoms with Crippen LogP contribution < -0.4 is 5.73 Å². The molecule has 0 bridgehead atoms. The van der Waals surface area contributed by atoms with Crippen molar-refractivity contribution in [2.45, 2.75) is 46.5 Å². The molecule has 0 saturated carbocycles. The highest BCUT2D eigenvalue weighted by Gasteiger charge is 2.37. The molecule has 2 heterocycles. The number of piperidine rings is 2. The molecule has 2 aliphatic rings. The Morgan fingerprint density at radius 3 is 1.76 bits per heavy atom. The second-order valence-corrected chi connectivity index (χ2v) is 9.55. The van der Waals surface area contributed by atoms with Crippen molar-refractivity contribution in [1.29, 1.82) is 0 Å². The first-order valence-corrected chi connectivity index (χ1v) is 9.60. The van der Waals surface area contributed by atoms with Crippen LogP contribution in [0, 0.1) is 17.3 Å². The Morgan fingerprint density at radius 1 is 0.952 bits per heavy atom. The fourth-order valence-electron chi connectivity index (χ4n) is 3.49. The minimum Gasteiger partial charge on any atom is -0.330 e. The van der Waals surface area contributed by atoms with E-state index < -0.39 is 10.2 Å². The fraction of sp³-hybridized carbons (Fsp3) is 1.00. The average molecular weight is 317 g/mol. The number of rotatable bonds is 3. The van der Waals surface area contributed by atoms with Crippen molar-refractivity contribution in [2.24, 2.45) is 23.0 Å². The van der Waals surface area contributed by atoms with E-state index in [2.05, 4.69) is 20.8 Å². The molecule has 0 radical (unpaired) electrons. The van der Waals surface area contributed by atoms with Gasteiger partial charge in [0.05, 0.1) is 0 Å². The summed E-state index contributed by atoms with van der Waals surface area (Å²) < 4.78 is 28.8. The quantitative estimate of drug-likeness (QED) is 0.861. The van der Waals surface area contributed by atoms with Crippen LogP contribution in [0.1, 0.15) is 46.5 Å². The summed E-state index contributed by atoms with van der Waals surface area (Å²) in [5.41, 5.74) is 5.95. The molecule has 0 spiro atoms. The van der Waals surface area contributed by atoms with Crippen molar-refractivity contribution in [2.75, 3.05) is 32.7 Å². The van der Waals surface area contributed by atoms with Gasteiger partial charge in [0.25, 0.3) is 10.2 Å². The van der Waals surface area contributed by atoms with E-state index in [0.717, 1.165) is 25.7 Å². The smallest absolute Gasteiger partial charge is 0.281 e. The van der Waals surface area contributed by atoms with Gasteiger partial charge in [0.2, 0.25) is 0 Å². The van der Waals surface area contributed by atoms with Crippen LogP contribution in [-0.4, -0.2) is 49.8 Å². The van der Waals surface area contributed by atoms with E-state index in [1.54, 1.807) is 8.61 Å². The average Bonchev–Trinajstić information content (AvgIpc) is 2.46. The minimum atomic E-state index is -3.26. The van der Waals surface area contributed by atoms with Crippen molar-refractivity contribution in [3.8, 4) is 0 Å². The molecule has 21 heavy (non-hydrogen) atoms. The van der Waals surface area contributed by atoms with Gasteiger partial charge in [0.15, 0.2) is 0 Å². The highest BCUT2D eigenvalue weighted by Crippen LogP contribution is 2.35. The maximum absolute atomic E-state index is 12.7. The Bertz CT molecular complexity index is 428. The molecule has 5 nitrogen and oxygen atoms in total. The first-order chi connectivity index (χ1) is 9.75. The first kappa shape index (κ1) is 17.2. The molecule has 0 aromatic carbocycles.